The number of nitrogens with one attached hydrogen (secondary N) is 2. The molecule has 2 aromatic carbocycles. The van der Waals surface area contributed by atoms with E-state index in [9.17, 15) is 0 Å². The largest absolute Gasteiger partial charge is 0.357 e. The molecule has 4 rings (SSSR count). The number of halogens is 1. The molecule has 30 heavy (non-hydrogen) atoms. The maximum absolute atomic E-state index is 4.77. The van der Waals surface area contributed by atoms with Crippen LogP contribution in [0.25, 0.3) is 5.69 Å². The van der Waals surface area contributed by atoms with Crippen LogP contribution in [0.3, 0.4) is 0 Å². The highest BCUT2D eigenvalue weighted by Crippen LogP contribution is 2.43. The van der Waals surface area contributed by atoms with Crippen molar-refractivity contribution < 1.29 is 0 Å². The van der Waals surface area contributed by atoms with Crippen LogP contribution in [0.5, 0.6) is 0 Å². The van der Waals surface area contributed by atoms with Gasteiger partial charge in [-0.25, -0.2) is 4.99 Å². The quantitative estimate of drug-likeness (QED) is 0.283. The Morgan fingerprint density at radius 1 is 1.03 bits per heavy atom. The second-order valence-corrected chi connectivity index (χ2v) is 7.50. The molecule has 7 heteroatoms. The minimum atomic E-state index is 0. The van der Waals surface area contributed by atoms with Crippen molar-refractivity contribution in [3.05, 3.63) is 78.4 Å². The predicted octanol–water partition coefficient (Wildman–Crippen LogP) is 4.06. The van der Waals surface area contributed by atoms with Gasteiger partial charge in [0.15, 0.2) is 11.8 Å². The summed E-state index contributed by atoms with van der Waals surface area (Å²) in [5, 5.41) is 15.3. The molecule has 2 N–H and O–H groups in total. The Kier molecular flexibility index (Phi) is 7.84. The van der Waals surface area contributed by atoms with Gasteiger partial charge in [0.2, 0.25) is 0 Å². The number of para-hydroxylation sites is 1. The Balaban J connectivity index is 0.00000256. The molecule has 6 nitrogen and oxygen atoms in total. The number of rotatable bonds is 7. The monoisotopic (exact) mass is 516 g/mol. The molecule has 0 radical (unpaired) electrons. The summed E-state index contributed by atoms with van der Waals surface area (Å²) < 4.78 is 1.98. The molecule has 0 aliphatic heterocycles. The smallest absolute Gasteiger partial charge is 0.191 e. The Morgan fingerprint density at radius 3 is 2.37 bits per heavy atom. The zero-order valence-corrected chi connectivity index (χ0v) is 19.6. The van der Waals surface area contributed by atoms with Gasteiger partial charge >= 0.3 is 0 Å². The van der Waals surface area contributed by atoms with Gasteiger partial charge in [0, 0.05) is 24.2 Å². The van der Waals surface area contributed by atoms with Crippen molar-refractivity contribution in [1.29, 1.82) is 0 Å². The summed E-state index contributed by atoms with van der Waals surface area (Å²) in [5.41, 5.74) is 2.66. The number of aromatic nitrogens is 3. The standard InChI is InChI=1S/C23H28N6.HI/c1-2-24-22(26-17-23(14-9-15-23)19-10-5-3-6-11-19)25-16-21-28-27-18-29(21)20-12-7-4-8-13-20;/h3-8,10-13,18H,2,9,14-17H2,1H3,(H2,24,25,26);1H. The number of nitrogens with zero attached hydrogens (tertiary/aromatic N) is 4. The molecule has 1 fully saturated rings. The van der Waals surface area contributed by atoms with Crippen molar-refractivity contribution in [3.63, 3.8) is 0 Å². The Morgan fingerprint density at radius 2 is 1.73 bits per heavy atom. The molecule has 0 atom stereocenters. The maximum atomic E-state index is 4.77. The number of aliphatic imine (C=N–C) groups is 1. The molecule has 1 aromatic heterocycles. The molecule has 0 spiro atoms. The lowest BCUT2D eigenvalue weighted by Crippen LogP contribution is -2.48. The molecule has 158 valence electrons. The van der Waals surface area contributed by atoms with Crippen LogP contribution in [0.2, 0.25) is 0 Å². The fourth-order valence-electron chi connectivity index (χ4n) is 3.88. The fourth-order valence-corrected chi connectivity index (χ4v) is 3.88. The minimum Gasteiger partial charge on any atom is -0.357 e. The number of hydrogen-bond donors (Lipinski definition) is 2. The van der Waals surface area contributed by atoms with Crippen molar-refractivity contribution in [2.24, 2.45) is 4.99 Å². The average molecular weight is 516 g/mol. The third kappa shape index (κ3) is 5.00. The summed E-state index contributed by atoms with van der Waals surface area (Å²) in [4.78, 5) is 4.77. The van der Waals surface area contributed by atoms with Gasteiger partial charge in [-0.05, 0) is 37.5 Å². The van der Waals surface area contributed by atoms with Crippen molar-refractivity contribution in [1.82, 2.24) is 25.4 Å². The van der Waals surface area contributed by atoms with Gasteiger partial charge < -0.3 is 10.6 Å². The van der Waals surface area contributed by atoms with Crippen LogP contribution in [-0.2, 0) is 12.0 Å². The SMILES string of the molecule is CCNC(=NCc1nncn1-c1ccccc1)NCC1(c2ccccc2)CCC1.I. The van der Waals surface area contributed by atoms with Gasteiger partial charge in [-0.1, -0.05) is 55.0 Å². The van der Waals surface area contributed by atoms with E-state index in [-0.39, 0.29) is 29.4 Å². The average Bonchev–Trinajstić information content (AvgIpc) is 3.21. The van der Waals surface area contributed by atoms with Crippen LogP contribution >= 0.6 is 24.0 Å². The number of hydrogen-bond acceptors (Lipinski definition) is 3. The van der Waals surface area contributed by atoms with E-state index < -0.39 is 0 Å². The molecule has 0 bridgehead atoms. The molecular weight excluding hydrogens is 487 g/mol. The lowest BCUT2D eigenvalue weighted by molar-refractivity contribution is 0.244. The summed E-state index contributed by atoms with van der Waals surface area (Å²) in [5.74, 6) is 1.63. The lowest BCUT2D eigenvalue weighted by atomic mass is 9.64. The highest BCUT2D eigenvalue weighted by atomic mass is 127. The van der Waals surface area contributed by atoms with Crippen LogP contribution in [0.15, 0.2) is 72.0 Å². The third-order valence-corrected chi connectivity index (χ3v) is 5.67. The van der Waals surface area contributed by atoms with Gasteiger partial charge in [0.1, 0.15) is 12.9 Å². The van der Waals surface area contributed by atoms with Crippen LogP contribution in [0.4, 0.5) is 0 Å². The van der Waals surface area contributed by atoms with Crippen LogP contribution in [0, 0.1) is 0 Å². The van der Waals surface area contributed by atoms with E-state index >= 15 is 0 Å². The molecule has 0 unspecified atom stereocenters. The van der Waals surface area contributed by atoms with Crippen LogP contribution in [0.1, 0.15) is 37.6 Å². The molecule has 1 aliphatic rings. The van der Waals surface area contributed by atoms with Gasteiger partial charge in [-0.2, -0.15) is 0 Å². The Bertz CT molecular complexity index is 935. The first-order valence-corrected chi connectivity index (χ1v) is 10.3. The summed E-state index contributed by atoms with van der Waals surface area (Å²) >= 11 is 0. The molecule has 1 aliphatic carbocycles. The normalized spacial score (nSPS) is 15.0. The topological polar surface area (TPSA) is 67.1 Å². The van der Waals surface area contributed by atoms with Crippen LogP contribution in [-0.4, -0.2) is 33.8 Å². The fraction of sp³-hybridized carbons (Fsp3) is 0.348. The highest BCUT2D eigenvalue weighted by Gasteiger charge is 2.38. The first kappa shape index (κ1) is 22.3. The summed E-state index contributed by atoms with van der Waals surface area (Å²) in [6.45, 7) is 4.24. The Hall–Kier alpha value is -2.42. The molecule has 1 saturated carbocycles. The lowest BCUT2D eigenvalue weighted by Gasteiger charge is -2.43. The predicted molar refractivity (Wildman–Crippen MR) is 132 cm³/mol. The van der Waals surface area contributed by atoms with E-state index in [0.717, 1.165) is 30.6 Å². The van der Waals surface area contributed by atoms with Crippen molar-refractivity contribution in [2.45, 2.75) is 38.1 Å². The van der Waals surface area contributed by atoms with Crippen LogP contribution < -0.4 is 10.6 Å². The third-order valence-electron chi connectivity index (χ3n) is 5.67. The second-order valence-electron chi connectivity index (χ2n) is 7.50. The van der Waals surface area contributed by atoms with Gasteiger partial charge in [0.05, 0.1) is 0 Å². The Labute approximate surface area is 195 Å². The van der Waals surface area contributed by atoms with E-state index in [1.54, 1.807) is 6.33 Å². The number of guanidine groups is 1. The van der Waals surface area contributed by atoms with Gasteiger partial charge in [-0.3, -0.25) is 4.57 Å². The van der Waals surface area contributed by atoms with E-state index in [1.165, 1.54) is 24.8 Å². The summed E-state index contributed by atoms with van der Waals surface area (Å²) in [6, 6.07) is 20.9. The van der Waals surface area contributed by atoms with Crippen molar-refractivity contribution in [2.75, 3.05) is 13.1 Å². The van der Waals surface area contributed by atoms with Gasteiger partial charge in [-0.15, -0.1) is 34.2 Å². The highest BCUT2D eigenvalue weighted by molar-refractivity contribution is 14.0. The second kappa shape index (κ2) is 10.6. The van der Waals surface area contributed by atoms with E-state index in [2.05, 4.69) is 58.1 Å². The molecule has 0 amide bonds. The van der Waals surface area contributed by atoms with E-state index in [1.807, 2.05) is 34.9 Å². The van der Waals surface area contributed by atoms with Crippen molar-refractivity contribution >= 4 is 29.9 Å². The first-order chi connectivity index (χ1) is 14.3. The zero-order chi connectivity index (χ0) is 19.9. The maximum Gasteiger partial charge on any atom is 0.191 e. The van der Waals surface area contributed by atoms with Crippen molar-refractivity contribution in [3.8, 4) is 5.69 Å². The summed E-state index contributed by atoms with van der Waals surface area (Å²) in [7, 11) is 0. The first-order valence-electron chi connectivity index (χ1n) is 10.3. The molecule has 1 heterocycles. The summed E-state index contributed by atoms with van der Waals surface area (Å²) in [6.07, 6.45) is 5.45. The zero-order valence-electron chi connectivity index (χ0n) is 17.3. The number of benzene rings is 2. The molecule has 3 aromatic rings. The molecule has 0 saturated heterocycles. The van der Waals surface area contributed by atoms with E-state index in [4.69, 9.17) is 4.99 Å². The van der Waals surface area contributed by atoms with E-state index in [0.29, 0.717) is 6.54 Å². The minimum absolute atomic E-state index is 0. The molecular formula is C23H29IN6. The van der Waals surface area contributed by atoms with Gasteiger partial charge in [0.25, 0.3) is 0 Å².